The maximum Gasteiger partial charge on any atom is 0.0801 e. The summed E-state index contributed by atoms with van der Waals surface area (Å²) in [5.41, 5.74) is 0. The molecule has 2 N–H and O–H groups in total. The maximum absolute atomic E-state index is 9.37. The van der Waals surface area contributed by atoms with Crippen LogP contribution in [-0.2, 0) is 0 Å². The summed E-state index contributed by atoms with van der Waals surface area (Å²) in [4.78, 5) is 0. The topological polar surface area (TPSA) is 40.5 Å². The first-order valence-corrected chi connectivity index (χ1v) is 4.42. The molecule has 0 aromatic rings. The Morgan fingerprint density at radius 3 is 2.00 bits per heavy atom. The molecule has 0 aliphatic rings. The largest absolute Gasteiger partial charge is 0.394 e. The van der Waals surface area contributed by atoms with E-state index in [1.165, 1.54) is 0 Å². The van der Waals surface area contributed by atoms with E-state index < -0.39 is 6.10 Å². The lowest BCUT2D eigenvalue weighted by atomic mass is 9.87. The molecule has 12 heavy (non-hydrogen) atoms. The van der Waals surface area contributed by atoms with Gasteiger partial charge in [0.25, 0.3) is 0 Å². The normalized spacial score (nSPS) is 15.5. The second-order valence-corrected chi connectivity index (χ2v) is 3.45. The molecule has 76 valence electrons. The minimum absolute atomic E-state index is 0. The molecule has 0 unspecified atom stereocenters. The zero-order valence-electron chi connectivity index (χ0n) is 7.75. The van der Waals surface area contributed by atoms with E-state index in [1.807, 2.05) is 0 Å². The predicted molar refractivity (Wildman–Crippen MR) is 53.1 cm³/mol. The van der Waals surface area contributed by atoms with Crippen LogP contribution < -0.4 is 0 Å². The van der Waals surface area contributed by atoms with Crippen LogP contribution in [0.25, 0.3) is 0 Å². The number of aliphatic hydroxyl groups is 2. The van der Waals surface area contributed by atoms with Gasteiger partial charge in [-0.15, -0.1) is 0 Å². The fraction of sp³-hybridized carbons (Fsp3) is 1.00. The Bertz CT molecular complexity index is 91.8. The average Bonchev–Trinajstić information content (AvgIpc) is 1.98. The molecule has 0 radical (unpaired) electrons. The van der Waals surface area contributed by atoms with Crippen molar-refractivity contribution in [3.63, 3.8) is 0 Å². The summed E-state index contributed by atoms with van der Waals surface area (Å²) in [5, 5.41) is 18.1. The van der Waals surface area contributed by atoms with E-state index in [1.54, 1.807) is 0 Å². The van der Waals surface area contributed by atoms with E-state index >= 15 is 0 Å². The maximum atomic E-state index is 9.37. The van der Waals surface area contributed by atoms with Crippen molar-refractivity contribution in [1.82, 2.24) is 0 Å². The molecular formula is C10H24O2. The van der Waals surface area contributed by atoms with Crippen LogP contribution >= 0.6 is 0 Å². The lowest BCUT2D eigenvalue weighted by molar-refractivity contribution is 0.0251. The molecule has 2 nitrogen and oxygen atoms in total. The van der Waals surface area contributed by atoms with Crippen LogP contribution in [0.3, 0.4) is 0 Å². The molecule has 0 aromatic heterocycles. The Morgan fingerprint density at radius 1 is 1.25 bits per heavy atom. The van der Waals surface area contributed by atoms with E-state index in [-0.39, 0.29) is 20.0 Å². The molecule has 0 spiro atoms. The molecule has 0 aliphatic heterocycles. The van der Waals surface area contributed by atoms with Gasteiger partial charge in [-0.3, -0.25) is 0 Å². The molecule has 0 fully saturated rings. The monoisotopic (exact) mass is 176 g/mol. The van der Waals surface area contributed by atoms with Gasteiger partial charge in [0.05, 0.1) is 12.7 Å². The van der Waals surface area contributed by atoms with E-state index in [9.17, 15) is 5.11 Å². The van der Waals surface area contributed by atoms with Gasteiger partial charge in [-0.05, 0) is 18.3 Å². The fourth-order valence-electron chi connectivity index (χ4n) is 1.44. The number of hydrogen-bond acceptors (Lipinski definition) is 2. The van der Waals surface area contributed by atoms with Gasteiger partial charge in [0.2, 0.25) is 0 Å². The summed E-state index contributed by atoms with van der Waals surface area (Å²) in [6, 6.07) is 0. The van der Waals surface area contributed by atoms with Crippen LogP contribution in [0.2, 0.25) is 0 Å². The van der Waals surface area contributed by atoms with E-state index in [0.717, 1.165) is 12.8 Å². The molecule has 0 bridgehead atoms. The predicted octanol–water partition coefficient (Wildman–Crippen LogP) is 2.05. The SMILES string of the molecule is C.CCC[C@@H](C(C)C)[C@H](O)CO. The molecule has 0 aromatic carbocycles. The van der Waals surface area contributed by atoms with Gasteiger partial charge in [0.15, 0.2) is 0 Å². The first-order valence-electron chi connectivity index (χ1n) is 4.42. The van der Waals surface area contributed by atoms with Crippen molar-refractivity contribution in [1.29, 1.82) is 0 Å². The first kappa shape index (κ1) is 14.4. The highest BCUT2D eigenvalue weighted by Gasteiger charge is 2.20. The van der Waals surface area contributed by atoms with E-state index in [2.05, 4.69) is 20.8 Å². The smallest absolute Gasteiger partial charge is 0.0801 e. The second kappa shape index (κ2) is 7.56. The molecule has 0 saturated carbocycles. The third-order valence-corrected chi connectivity index (χ3v) is 2.16. The lowest BCUT2D eigenvalue weighted by Gasteiger charge is -2.24. The third kappa shape index (κ3) is 4.73. The Kier molecular flexibility index (Phi) is 9.10. The average molecular weight is 176 g/mol. The van der Waals surface area contributed by atoms with Gasteiger partial charge >= 0.3 is 0 Å². The molecule has 2 atom stereocenters. The summed E-state index contributed by atoms with van der Waals surface area (Å²) in [6.45, 7) is 6.15. The zero-order chi connectivity index (χ0) is 8.85. The van der Waals surface area contributed by atoms with Crippen LogP contribution in [0.4, 0.5) is 0 Å². The number of hydrogen-bond donors (Lipinski definition) is 2. The molecule has 0 aliphatic carbocycles. The van der Waals surface area contributed by atoms with Crippen molar-refractivity contribution in [2.75, 3.05) is 6.61 Å². The van der Waals surface area contributed by atoms with E-state index in [4.69, 9.17) is 5.11 Å². The van der Waals surface area contributed by atoms with Crippen LogP contribution in [0, 0.1) is 11.8 Å². The van der Waals surface area contributed by atoms with E-state index in [0.29, 0.717) is 5.92 Å². The summed E-state index contributed by atoms with van der Waals surface area (Å²) < 4.78 is 0. The molecule has 2 heteroatoms. The number of rotatable bonds is 5. The lowest BCUT2D eigenvalue weighted by Crippen LogP contribution is -2.28. The molecule has 0 heterocycles. The third-order valence-electron chi connectivity index (χ3n) is 2.16. The highest BCUT2D eigenvalue weighted by atomic mass is 16.3. The van der Waals surface area contributed by atoms with Gasteiger partial charge < -0.3 is 10.2 Å². The van der Waals surface area contributed by atoms with Crippen LogP contribution in [0.5, 0.6) is 0 Å². The summed E-state index contributed by atoms with van der Waals surface area (Å²) >= 11 is 0. The van der Waals surface area contributed by atoms with Crippen LogP contribution in [0.1, 0.15) is 41.0 Å². The second-order valence-electron chi connectivity index (χ2n) is 3.45. The van der Waals surface area contributed by atoms with Crippen LogP contribution in [-0.4, -0.2) is 22.9 Å². The van der Waals surface area contributed by atoms with Crippen LogP contribution in [0.15, 0.2) is 0 Å². The summed E-state index contributed by atoms with van der Waals surface area (Å²) in [6.07, 6.45) is 1.54. The summed E-state index contributed by atoms with van der Waals surface area (Å²) in [7, 11) is 0. The van der Waals surface area contributed by atoms with Crippen molar-refractivity contribution in [3.05, 3.63) is 0 Å². The Hall–Kier alpha value is -0.0800. The number of aliphatic hydroxyl groups excluding tert-OH is 2. The minimum Gasteiger partial charge on any atom is -0.394 e. The zero-order valence-corrected chi connectivity index (χ0v) is 7.75. The summed E-state index contributed by atoms with van der Waals surface area (Å²) in [5.74, 6) is 0.710. The molecular weight excluding hydrogens is 152 g/mol. The van der Waals surface area contributed by atoms with Crippen molar-refractivity contribution in [3.8, 4) is 0 Å². The quantitative estimate of drug-likeness (QED) is 0.673. The van der Waals surface area contributed by atoms with Crippen molar-refractivity contribution < 1.29 is 10.2 Å². The minimum atomic E-state index is -0.532. The highest BCUT2D eigenvalue weighted by molar-refractivity contribution is 4.70. The fourth-order valence-corrected chi connectivity index (χ4v) is 1.44. The van der Waals surface area contributed by atoms with Crippen molar-refractivity contribution >= 4 is 0 Å². The molecule has 0 rings (SSSR count). The Labute approximate surface area is 76.6 Å². The van der Waals surface area contributed by atoms with Gasteiger partial charge in [0.1, 0.15) is 0 Å². The highest BCUT2D eigenvalue weighted by Crippen LogP contribution is 2.20. The van der Waals surface area contributed by atoms with Gasteiger partial charge in [-0.2, -0.15) is 0 Å². The van der Waals surface area contributed by atoms with Gasteiger partial charge in [0, 0.05) is 0 Å². The van der Waals surface area contributed by atoms with Crippen molar-refractivity contribution in [2.24, 2.45) is 11.8 Å². The Morgan fingerprint density at radius 2 is 1.75 bits per heavy atom. The standard InChI is InChI=1S/C9H20O2.CH4/c1-4-5-8(7(2)3)9(11)6-10;/h7-11H,4-6H2,1-3H3;1H4/t8-,9+;/m0./s1. The first-order chi connectivity index (χ1) is 5.13. The molecule has 0 saturated heterocycles. The van der Waals surface area contributed by atoms with Gasteiger partial charge in [-0.25, -0.2) is 0 Å². The Balaban J connectivity index is 0. The van der Waals surface area contributed by atoms with Gasteiger partial charge in [-0.1, -0.05) is 34.6 Å². The van der Waals surface area contributed by atoms with Crippen molar-refractivity contribution in [2.45, 2.75) is 47.1 Å². The molecule has 0 amide bonds.